The van der Waals surface area contributed by atoms with Gasteiger partial charge in [-0.05, 0) is 30.2 Å². The van der Waals surface area contributed by atoms with Crippen molar-refractivity contribution < 1.29 is 18.0 Å². The van der Waals surface area contributed by atoms with Gasteiger partial charge in [0.15, 0.2) is 0 Å². The number of hydrogen-bond acceptors (Lipinski definition) is 1. The molecule has 0 saturated carbocycles. The molecular formula is C13H13ClF3NO. The maximum Gasteiger partial charge on any atom is 0.417 e. The Morgan fingerprint density at radius 1 is 1.42 bits per heavy atom. The Bertz CT molecular complexity index is 483. The van der Waals surface area contributed by atoms with Crippen molar-refractivity contribution in [2.75, 3.05) is 6.54 Å². The van der Waals surface area contributed by atoms with Crippen LogP contribution in [-0.4, -0.2) is 12.5 Å². The van der Waals surface area contributed by atoms with Crippen LogP contribution in [0.3, 0.4) is 0 Å². The van der Waals surface area contributed by atoms with Gasteiger partial charge in [-0.1, -0.05) is 24.6 Å². The van der Waals surface area contributed by atoms with Gasteiger partial charge in [0, 0.05) is 12.6 Å². The van der Waals surface area contributed by atoms with E-state index in [-0.39, 0.29) is 16.5 Å². The molecule has 0 atom stereocenters. The van der Waals surface area contributed by atoms with Gasteiger partial charge in [0.1, 0.15) is 0 Å². The number of benzene rings is 1. The summed E-state index contributed by atoms with van der Waals surface area (Å²) in [6.07, 6.45) is -1.21. The second-order valence-electron chi connectivity index (χ2n) is 3.86. The number of carbonyl (C=O) groups is 1. The van der Waals surface area contributed by atoms with Gasteiger partial charge >= 0.3 is 6.18 Å². The van der Waals surface area contributed by atoms with Crippen LogP contribution in [0.4, 0.5) is 13.2 Å². The van der Waals surface area contributed by atoms with Crippen LogP contribution < -0.4 is 5.32 Å². The lowest BCUT2D eigenvalue weighted by Crippen LogP contribution is -2.21. The van der Waals surface area contributed by atoms with Crippen molar-refractivity contribution in [3.8, 4) is 0 Å². The van der Waals surface area contributed by atoms with Crippen molar-refractivity contribution in [2.24, 2.45) is 0 Å². The zero-order valence-corrected chi connectivity index (χ0v) is 11.0. The molecular weight excluding hydrogens is 279 g/mol. The van der Waals surface area contributed by atoms with E-state index in [0.717, 1.165) is 18.6 Å². The number of amides is 1. The molecule has 1 amide bonds. The zero-order chi connectivity index (χ0) is 14.5. The van der Waals surface area contributed by atoms with Crippen LogP contribution >= 0.6 is 11.6 Å². The molecule has 0 unspecified atom stereocenters. The highest BCUT2D eigenvalue weighted by atomic mass is 35.5. The Hall–Kier alpha value is -1.49. The molecule has 0 aliphatic heterocycles. The largest absolute Gasteiger partial charge is 0.417 e. The first-order valence-electron chi connectivity index (χ1n) is 5.67. The standard InChI is InChI=1S/C13H13ClF3NO/c1-2-7-18-12(19)6-4-9-3-5-11(14)10(8-9)13(15,16)17/h3-6,8H,2,7H2,1H3,(H,18,19)/b6-4+. The van der Waals surface area contributed by atoms with Gasteiger partial charge in [0.2, 0.25) is 5.91 Å². The Labute approximate surface area is 114 Å². The van der Waals surface area contributed by atoms with E-state index in [9.17, 15) is 18.0 Å². The second-order valence-corrected chi connectivity index (χ2v) is 4.27. The highest BCUT2D eigenvalue weighted by Crippen LogP contribution is 2.35. The third kappa shape index (κ3) is 4.95. The first-order valence-corrected chi connectivity index (χ1v) is 6.05. The summed E-state index contributed by atoms with van der Waals surface area (Å²) in [7, 11) is 0. The number of carbonyl (C=O) groups excluding carboxylic acids is 1. The molecule has 0 aliphatic carbocycles. The molecule has 104 valence electrons. The van der Waals surface area contributed by atoms with Crippen molar-refractivity contribution in [1.82, 2.24) is 5.32 Å². The molecule has 2 nitrogen and oxygen atoms in total. The molecule has 1 aromatic carbocycles. The molecule has 0 heterocycles. The smallest absolute Gasteiger partial charge is 0.353 e. The Balaban J connectivity index is 2.86. The monoisotopic (exact) mass is 291 g/mol. The Morgan fingerprint density at radius 3 is 2.68 bits per heavy atom. The van der Waals surface area contributed by atoms with Crippen LogP contribution in [0.15, 0.2) is 24.3 Å². The van der Waals surface area contributed by atoms with Crippen LogP contribution in [-0.2, 0) is 11.0 Å². The maximum absolute atomic E-state index is 12.6. The SMILES string of the molecule is CCCNC(=O)/C=C/c1ccc(Cl)c(C(F)(F)F)c1. The van der Waals surface area contributed by atoms with E-state index in [4.69, 9.17) is 11.6 Å². The summed E-state index contributed by atoms with van der Waals surface area (Å²) in [5.74, 6) is -0.342. The molecule has 6 heteroatoms. The van der Waals surface area contributed by atoms with Crippen LogP contribution in [0.2, 0.25) is 5.02 Å². The molecule has 0 bridgehead atoms. The van der Waals surface area contributed by atoms with Gasteiger partial charge in [-0.2, -0.15) is 13.2 Å². The second kappa shape index (κ2) is 6.61. The van der Waals surface area contributed by atoms with E-state index in [0.29, 0.717) is 6.54 Å². The van der Waals surface area contributed by atoms with Crippen molar-refractivity contribution in [1.29, 1.82) is 0 Å². The summed E-state index contributed by atoms with van der Waals surface area (Å²) >= 11 is 5.49. The van der Waals surface area contributed by atoms with Gasteiger partial charge in [-0.25, -0.2) is 0 Å². The molecule has 19 heavy (non-hydrogen) atoms. The number of alkyl halides is 3. The summed E-state index contributed by atoms with van der Waals surface area (Å²) < 4.78 is 37.8. The number of nitrogens with one attached hydrogen (secondary N) is 1. The van der Waals surface area contributed by atoms with E-state index in [1.165, 1.54) is 18.2 Å². The fraction of sp³-hybridized carbons (Fsp3) is 0.308. The Morgan fingerprint density at radius 2 is 2.11 bits per heavy atom. The minimum atomic E-state index is -4.51. The molecule has 0 spiro atoms. The normalized spacial score (nSPS) is 11.8. The molecule has 0 fully saturated rings. The average molecular weight is 292 g/mol. The summed E-state index contributed by atoms with van der Waals surface area (Å²) in [6.45, 7) is 2.43. The fourth-order valence-electron chi connectivity index (χ4n) is 1.34. The van der Waals surface area contributed by atoms with Crippen molar-refractivity contribution in [3.05, 3.63) is 40.4 Å². The van der Waals surface area contributed by atoms with Crippen molar-refractivity contribution in [2.45, 2.75) is 19.5 Å². The molecule has 1 rings (SSSR count). The quantitative estimate of drug-likeness (QED) is 0.838. The summed E-state index contributed by atoms with van der Waals surface area (Å²) in [5.41, 5.74) is -0.645. The van der Waals surface area contributed by atoms with Crippen molar-refractivity contribution in [3.63, 3.8) is 0 Å². The topological polar surface area (TPSA) is 29.1 Å². The van der Waals surface area contributed by atoms with Crippen LogP contribution in [0.5, 0.6) is 0 Å². The van der Waals surface area contributed by atoms with Gasteiger partial charge < -0.3 is 5.32 Å². The van der Waals surface area contributed by atoms with Crippen LogP contribution in [0.25, 0.3) is 6.08 Å². The van der Waals surface area contributed by atoms with Crippen LogP contribution in [0, 0.1) is 0 Å². The van der Waals surface area contributed by atoms with Crippen LogP contribution in [0.1, 0.15) is 24.5 Å². The molecule has 0 saturated heterocycles. The molecule has 1 N–H and O–H groups in total. The lowest BCUT2D eigenvalue weighted by molar-refractivity contribution is -0.137. The summed E-state index contributed by atoms with van der Waals surface area (Å²) in [4.78, 5) is 11.3. The van der Waals surface area contributed by atoms with Gasteiger partial charge in [0.25, 0.3) is 0 Å². The van der Waals surface area contributed by atoms with Gasteiger partial charge in [-0.3, -0.25) is 4.79 Å². The molecule has 0 aromatic heterocycles. The van der Waals surface area contributed by atoms with Crippen molar-refractivity contribution >= 4 is 23.6 Å². The third-order valence-electron chi connectivity index (χ3n) is 2.27. The number of halogens is 4. The number of rotatable bonds is 4. The summed E-state index contributed by atoms with van der Waals surface area (Å²) in [5, 5.41) is 2.22. The fourth-order valence-corrected chi connectivity index (χ4v) is 1.57. The number of hydrogen-bond donors (Lipinski definition) is 1. The predicted octanol–water partition coefficient (Wildman–Crippen LogP) is 3.90. The molecule has 0 radical (unpaired) electrons. The Kier molecular flexibility index (Phi) is 5.42. The zero-order valence-electron chi connectivity index (χ0n) is 10.2. The first kappa shape index (κ1) is 15.6. The minimum Gasteiger partial charge on any atom is -0.353 e. The minimum absolute atomic E-state index is 0.267. The lowest BCUT2D eigenvalue weighted by Gasteiger charge is -2.09. The average Bonchev–Trinajstić information content (AvgIpc) is 2.34. The molecule has 0 aliphatic rings. The maximum atomic E-state index is 12.6. The highest BCUT2D eigenvalue weighted by molar-refractivity contribution is 6.31. The van der Waals surface area contributed by atoms with E-state index in [1.807, 2.05) is 6.92 Å². The summed E-state index contributed by atoms with van der Waals surface area (Å²) in [6, 6.07) is 3.49. The lowest BCUT2D eigenvalue weighted by atomic mass is 10.1. The van der Waals surface area contributed by atoms with E-state index in [1.54, 1.807) is 0 Å². The third-order valence-corrected chi connectivity index (χ3v) is 2.60. The molecule has 1 aromatic rings. The van der Waals surface area contributed by atoms with E-state index < -0.39 is 11.7 Å². The first-order chi connectivity index (χ1) is 8.84. The van der Waals surface area contributed by atoms with Gasteiger partial charge in [-0.15, -0.1) is 0 Å². The van der Waals surface area contributed by atoms with Gasteiger partial charge in [0.05, 0.1) is 10.6 Å². The van der Waals surface area contributed by atoms with E-state index >= 15 is 0 Å². The van der Waals surface area contributed by atoms with E-state index in [2.05, 4.69) is 5.32 Å². The highest BCUT2D eigenvalue weighted by Gasteiger charge is 2.33. The predicted molar refractivity (Wildman–Crippen MR) is 68.8 cm³/mol.